The van der Waals surface area contributed by atoms with E-state index in [9.17, 15) is 0 Å². The highest BCUT2D eigenvalue weighted by atomic mass is 16.5. The molecule has 0 saturated heterocycles. The molecule has 78 valence electrons. The van der Waals surface area contributed by atoms with Crippen molar-refractivity contribution in [3.8, 4) is 11.8 Å². The smallest absolute Gasteiger partial charge is 0.143 e. The summed E-state index contributed by atoms with van der Waals surface area (Å²) in [6, 6.07) is 8.27. The molecule has 0 fully saturated rings. The van der Waals surface area contributed by atoms with Gasteiger partial charge in [-0.3, -0.25) is 0 Å². The molecule has 0 N–H and O–H groups in total. The van der Waals surface area contributed by atoms with E-state index in [4.69, 9.17) is 10.00 Å². The Hall–Kier alpha value is -1.69. The van der Waals surface area contributed by atoms with Gasteiger partial charge in [0, 0.05) is 0 Å². The zero-order valence-corrected chi connectivity index (χ0v) is 9.03. The van der Waals surface area contributed by atoms with Crippen LogP contribution in [0, 0.1) is 18.3 Å². The van der Waals surface area contributed by atoms with Gasteiger partial charge in [0.05, 0.1) is 18.3 Å². The third kappa shape index (κ3) is 1.89. The number of anilines is 1. The van der Waals surface area contributed by atoms with Crippen LogP contribution in [0.4, 0.5) is 5.69 Å². The van der Waals surface area contributed by atoms with Crippen LogP contribution in [0.25, 0.3) is 0 Å². The van der Waals surface area contributed by atoms with E-state index in [0.717, 1.165) is 18.0 Å². The Morgan fingerprint density at radius 2 is 2.40 bits per heavy atom. The SMILES string of the molecule is Cc1ccc2c(c1)OC(C)CN2CC#N. The molecule has 0 bridgehead atoms. The van der Waals surface area contributed by atoms with Crippen LogP contribution in [0.1, 0.15) is 12.5 Å². The summed E-state index contributed by atoms with van der Waals surface area (Å²) in [5.41, 5.74) is 2.21. The fraction of sp³-hybridized carbons (Fsp3) is 0.417. The van der Waals surface area contributed by atoms with Crippen LogP contribution in [-0.2, 0) is 0 Å². The molecular weight excluding hydrogens is 188 g/mol. The van der Waals surface area contributed by atoms with Crippen molar-refractivity contribution in [2.45, 2.75) is 20.0 Å². The second-order valence-electron chi connectivity index (χ2n) is 3.94. The zero-order chi connectivity index (χ0) is 10.8. The molecule has 1 heterocycles. The number of aryl methyl sites for hydroxylation is 1. The molecule has 0 aliphatic carbocycles. The first-order chi connectivity index (χ1) is 7.20. The fourth-order valence-electron chi connectivity index (χ4n) is 1.87. The van der Waals surface area contributed by atoms with Crippen molar-refractivity contribution in [1.82, 2.24) is 0 Å². The van der Waals surface area contributed by atoms with Gasteiger partial charge >= 0.3 is 0 Å². The number of benzene rings is 1. The van der Waals surface area contributed by atoms with E-state index >= 15 is 0 Å². The third-order valence-corrected chi connectivity index (χ3v) is 2.52. The largest absolute Gasteiger partial charge is 0.487 e. The molecule has 1 aliphatic heterocycles. The maximum Gasteiger partial charge on any atom is 0.143 e. The Kier molecular flexibility index (Phi) is 2.51. The summed E-state index contributed by atoms with van der Waals surface area (Å²) in [7, 11) is 0. The minimum Gasteiger partial charge on any atom is -0.487 e. The Labute approximate surface area is 89.9 Å². The number of ether oxygens (including phenoxy) is 1. The number of hydrogen-bond donors (Lipinski definition) is 0. The minimum absolute atomic E-state index is 0.146. The molecule has 1 aromatic rings. The van der Waals surface area contributed by atoms with Crippen LogP contribution in [0.15, 0.2) is 18.2 Å². The van der Waals surface area contributed by atoms with Crippen LogP contribution < -0.4 is 9.64 Å². The summed E-state index contributed by atoms with van der Waals surface area (Å²) in [6.07, 6.45) is 0.146. The van der Waals surface area contributed by atoms with Crippen molar-refractivity contribution in [2.75, 3.05) is 18.0 Å². The molecule has 0 aromatic heterocycles. The Morgan fingerprint density at radius 3 is 3.13 bits per heavy atom. The summed E-state index contributed by atoms with van der Waals surface area (Å²) >= 11 is 0. The Balaban J connectivity index is 2.38. The van der Waals surface area contributed by atoms with Gasteiger partial charge in [-0.25, -0.2) is 0 Å². The van der Waals surface area contributed by atoms with E-state index in [0.29, 0.717) is 6.54 Å². The summed E-state index contributed by atoms with van der Waals surface area (Å²) in [4.78, 5) is 2.06. The van der Waals surface area contributed by atoms with Crippen molar-refractivity contribution >= 4 is 5.69 Å². The number of nitrogens with zero attached hydrogens (tertiary/aromatic N) is 2. The first-order valence-electron chi connectivity index (χ1n) is 5.10. The van der Waals surface area contributed by atoms with Gasteiger partial charge in [0.15, 0.2) is 0 Å². The number of nitriles is 1. The van der Waals surface area contributed by atoms with Gasteiger partial charge in [-0.1, -0.05) is 6.07 Å². The van der Waals surface area contributed by atoms with Crippen LogP contribution in [0.5, 0.6) is 5.75 Å². The average Bonchev–Trinajstić information content (AvgIpc) is 2.17. The minimum atomic E-state index is 0.146. The lowest BCUT2D eigenvalue weighted by atomic mass is 10.1. The topological polar surface area (TPSA) is 36.3 Å². The van der Waals surface area contributed by atoms with E-state index in [1.807, 2.05) is 32.0 Å². The Morgan fingerprint density at radius 1 is 1.60 bits per heavy atom. The molecule has 15 heavy (non-hydrogen) atoms. The number of hydrogen-bond acceptors (Lipinski definition) is 3. The summed E-state index contributed by atoms with van der Waals surface area (Å²) in [5, 5.41) is 8.75. The highest BCUT2D eigenvalue weighted by molar-refractivity contribution is 5.61. The van der Waals surface area contributed by atoms with Crippen molar-refractivity contribution in [2.24, 2.45) is 0 Å². The third-order valence-electron chi connectivity index (χ3n) is 2.52. The summed E-state index contributed by atoms with van der Waals surface area (Å²) in [5.74, 6) is 0.893. The van der Waals surface area contributed by atoms with Crippen LogP contribution in [-0.4, -0.2) is 19.2 Å². The molecule has 1 aromatic carbocycles. The quantitative estimate of drug-likeness (QED) is 0.654. The highest BCUT2D eigenvalue weighted by Crippen LogP contribution is 2.33. The first kappa shape index (κ1) is 9.85. The van der Waals surface area contributed by atoms with Gasteiger partial charge in [-0.05, 0) is 31.5 Å². The monoisotopic (exact) mass is 202 g/mol. The van der Waals surface area contributed by atoms with Crippen LogP contribution >= 0.6 is 0 Å². The van der Waals surface area contributed by atoms with E-state index in [2.05, 4.69) is 11.0 Å². The molecular formula is C12H14N2O. The predicted octanol–water partition coefficient (Wildman–Crippen LogP) is 2.11. The molecule has 0 amide bonds. The fourth-order valence-corrected chi connectivity index (χ4v) is 1.87. The van der Waals surface area contributed by atoms with Gasteiger partial charge in [0.25, 0.3) is 0 Å². The number of rotatable bonds is 1. The van der Waals surface area contributed by atoms with Crippen molar-refractivity contribution < 1.29 is 4.74 Å². The molecule has 3 heteroatoms. The maximum absolute atomic E-state index is 8.75. The van der Waals surface area contributed by atoms with E-state index in [-0.39, 0.29) is 6.10 Å². The number of fused-ring (bicyclic) bond motifs is 1. The summed E-state index contributed by atoms with van der Waals surface area (Å²) in [6.45, 7) is 5.26. The Bertz CT molecular complexity index is 409. The molecule has 3 nitrogen and oxygen atoms in total. The molecule has 1 atom stereocenters. The predicted molar refractivity (Wildman–Crippen MR) is 59.1 cm³/mol. The van der Waals surface area contributed by atoms with Gasteiger partial charge in [-0.15, -0.1) is 0 Å². The normalized spacial score (nSPS) is 19.0. The van der Waals surface area contributed by atoms with Crippen molar-refractivity contribution in [3.05, 3.63) is 23.8 Å². The standard InChI is InChI=1S/C12H14N2O/c1-9-3-4-11-12(7-9)15-10(2)8-14(11)6-5-13/h3-4,7,10H,6,8H2,1-2H3. The van der Waals surface area contributed by atoms with E-state index in [1.165, 1.54) is 5.56 Å². The average molecular weight is 202 g/mol. The molecule has 1 aliphatic rings. The van der Waals surface area contributed by atoms with Crippen molar-refractivity contribution in [1.29, 1.82) is 5.26 Å². The van der Waals surface area contributed by atoms with Crippen LogP contribution in [0.2, 0.25) is 0 Å². The van der Waals surface area contributed by atoms with Gasteiger partial charge < -0.3 is 9.64 Å². The zero-order valence-electron chi connectivity index (χ0n) is 9.03. The molecule has 1 unspecified atom stereocenters. The van der Waals surface area contributed by atoms with Gasteiger partial charge in [0.2, 0.25) is 0 Å². The second kappa shape index (κ2) is 3.82. The molecule has 0 saturated carbocycles. The van der Waals surface area contributed by atoms with Gasteiger partial charge in [0.1, 0.15) is 18.4 Å². The van der Waals surface area contributed by atoms with E-state index < -0.39 is 0 Å². The second-order valence-corrected chi connectivity index (χ2v) is 3.94. The maximum atomic E-state index is 8.75. The lowest BCUT2D eigenvalue weighted by Gasteiger charge is -2.33. The molecule has 0 radical (unpaired) electrons. The highest BCUT2D eigenvalue weighted by Gasteiger charge is 2.22. The molecule has 0 spiro atoms. The van der Waals surface area contributed by atoms with Gasteiger partial charge in [-0.2, -0.15) is 5.26 Å². The first-order valence-corrected chi connectivity index (χ1v) is 5.10. The van der Waals surface area contributed by atoms with Crippen LogP contribution in [0.3, 0.4) is 0 Å². The lowest BCUT2D eigenvalue weighted by Crippen LogP contribution is -2.38. The lowest BCUT2D eigenvalue weighted by molar-refractivity contribution is 0.214. The molecule has 2 rings (SSSR count). The van der Waals surface area contributed by atoms with E-state index in [1.54, 1.807) is 0 Å². The summed E-state index contributed by atoms with van der Waals surface area (Å²) < 4.78 is 5.74. The van der Waals surface area contributed by atoms with Crippen molar-refractivity contribution in [3.63, 3.8) is 0 Å².